The standard InChI is InChI=1S/C103H76N4/c1-101(2)90-35-21-18-31-79(90)82-51-46-74(62-93(82)101)104(73-44-38-65(39-45-73)66-42-55-98-88(58-66)86-34-20-23-37-96(86)106(98)71-26-12-8-13-27-71)75-47-52-84-81-49-40-67(60-92(81)103(5,6)95(84)63-75)68-41-50-87-89-59-69(43-56-99(89)107(100(87)61-68)72-28-14-9-15-29-72)77-54-57-97(85-33-17-16-30-78(77)85)105(70-24-10-7-11-25-70)76-48-53-83-80-32-19-22-36-91(80)102(3,4)94(83)64-76/h7-15,17-29,31-62,64,95H,63H2,1-6H3. The Morgan fingerprint density at radius 3 is 1.49 bits per heavy atom. The minimum Gasteiger partial charge on any atom is -0.314 e. The largest absolute Gasteiger partial charge is 0.314 e. The molecule has 15 aromatic carbocycles. The summed E-state index contributed by atoms with van der Waals surface area (Å²) in [5.41, 5.74) is 35.5. The SMILES string of the molecule is CC1(C)c2ccccc2-c2ccc(N(C3=CC=C4c5ccc(-c6ccc7c8cc(-c9ccc(N(c%10ccccc%10)c%10ccc%11c(c%10)C(C)(C)c%10ccccc%10-%11)c%10ccc#cc9%10)ccc8n(-c8ccccc8)c7c6)cc5C(C)(C)C4C3)c3ccc(-c4ccc5c(c4)c4ccccc4n5-c4ccccc4)cc3)cc21. The van der Waals surface area contributed by atoms with Crippen LogP contribution in [0.3, 0.4) is 0 Å². The Morgan fingerprint density at radius 1 is 0.318 bits per heavy atom. The quantitative estimate of drug-likeness (QED) is 0.128. The van der Waals surface area contributed by atoms with Crippen LogP contribution < -0.4 is 9.80 Å². The Labute approximate surface area is 625 Å². The van der Waals surface area contributed by atoms with Crippen molar-refractivity contribution in [3.8, 4) is 67.0 Å². The highest BCUT2D eigenvalue weighted by Crippen LogP contribution is 2.58. The predicted octanol–water partition coefficient (Wildman–Crippen LogP) is 27.1. The van der Waals surface area contributed by atoms with Crippen molar-refractivity contribution in [2.45, 2.75) is 64.2 Å². The molecule has 0 bridgehead atoms. The van der Waals surface area contributed by atoms with E-state index in [1.54, 1.807) is 0 Å². The summed E-state index contributed by atoms with van der Waals surface area (Å²) in [6.07, 6.45) is 5.76. The number of aromatic nitrogens is 2. The van der Waals surface area contributed by atoms with Crippen LogP contribution in [0.25, 0.3) is 127 Å². The summed E-state index contributed by atoms with van der Waals surface area (Å²) >= 11 is 0. The molecule has 21 rings (SSSR count). The lowest BCUT2D eigenvalue weighted by Crippen LogP contribution is -2.29. The number of nitrogens with zero attached hydrogens (tertiary/aromatic N) is 4. The van der Waals surface area contributed by atoms with Gasteiger partial charge in [-0.05, 0) is 252 Å². The van der Waals surface area contributed by atoms with Gasteiger partial charge in [-0.2, -0.15) is 0 Å². The first kappa shape index (κ1) is 62.6. The number of benzene rings is 14. The molecule has 0 saturated carbocycles. The van der Waals surface area contributed by atoms with E-state index in [-0.39, 0.29) is 22.2 Å². The Bertz CT molecular complexity index is 6620. The van der Waals surface area contributed by atoms with Crippen LogP contribution in [0.2, 0.25) is 0 Å². The summed E-state index contributed by atoms with van der Waals surface area (Å²) in [5.74, 6) is 0.245. The van der Waals surface area contributed by atoms with Crippen LogP contribution in [0.15, 0.2) is 339 Å². The Kier molecular flexibility index (Phi) is 13.8. The molecule has 0 aliphatic heterocycles. The highest BCUT2D eigenvalue weighted by molar-refractivity contribution is 6.14. The van der Waals surface area contributed by atoms with Crippen LogP contribution in [-0.2, 0) is 16.2 Å². The van der Waals surface area contributed by atoms with Crippen molar-refractivity contribution in [1.29, 1.82) is 0 Å². The van der Waals surface area contributed by atoms with Gasteiger partial charge in [-0.1, -0.05) is 248 Å². The van der Waals surface area contributed by atoms with E-state index in [2.05, 4.69) is 400 Å². The number of allylic oxidation sites excluding steroid dienone is 4. The Hall–Kier alpha value is -12.9. The molecular weight excluding hydrogens is 1290 g/mol. The number of rotatable bonds is 11. The zero-order valence-electron chi connectivity index (χ0n) is 60.8. The molecule has 4 aliphatic rings. The maximum absolute atomic E-state index is 3.65. The second-order valence-corrected chi connectivity index (χ2v) is 31.5. The summed E-state index contributed by atoms with van der Waals surface area (Å²) in [7, 11) is 0. The second-order valence-electron chi connectivity index (χ2n) is 31.5. The molecule has 0 amide bonds. The molecule has 1 unspecified atom stereocenters. The zero-order chi connectivity index (χ0) is 71.6. The fourth-order valence-corrected chi connectivity index (χ4v) is 19.2. The molecule has 17 aromatic rings. The number of hydrogen-bond acceptors (Lipinski definition) is 2. The van der Waals surface area contributed by atoms with E-state index in [0.29, 0.717) is 0 Å². The summed E-state index contributed by atoms with van der Waals surface area (Å²) in [4.78, 5) is 4.99. The minimum absolute atomic E-state index is 0.143. The lowest BCUT2D eigenvalue weighted by molar-refractivity contribution is 0.406. The molecule has 4 heteroatoms. The van der Waals surface area contributed by atoms with Crippen LogP contribution in [0.4, 0.5) is 28.4 Å². The van der Waals surface area contributed by atoms with Gasteiger partial charge in [-0.25, -0.2) is 0 Å². The van der Waals surface area contributed by atoms with Gasteiger partial charge >= 0.3 is 0 Å². The molecule has 0 spiro atoms. The van der Waals surface area contributed by atoms with Gasteiger partial charge in [0, 0.05) is 83.0 Å². The molecule has 0 saturated heterocycles. The first-order valence-electron chi connectivity index (χ1n) is 37.7. The van der Waals surface area contributed by atoms with Crippen LogP contribution in [0.1, 0.15) is 81.3 Å². The third-order valence-electron chi connectivity index (χ3n) is 24.7. The van der Waals surface area contributed by atoms with Gasteiger partial charge in [0.15, 0.2) is 0 Å². The predicted molar refractivity (Wildman–Crippen MR) is 449 cm³/mol. The number of para-hydroxylation sites is 4. The number of fused-ring (bicyclic) bond motifs is 16. The van der Waals surface area contributed by atoms with Gasteiger partial charge in [0.1, 0.15) is 0 Å². The van der Waals surface area contributed by atoms with Gasteiger partial charge in [0.2, 0.25) is 0 Å². The Balaban J connectivity index is 0.630. The summed E-state index contributed by atoms with van der Waals surface area (Å²) < 4.78 is 4.85. The smallest absolute Gasteiger partial charge is 0.0547 e. The van der Waals surface area contributed by atoms with Crippen molar-refractivity contribution in [2.75, 3.05) is 9.80 Å². The van der Waals surface area contributed by atoms with Crippen molar-refractivity contribution >= 4 is 88.4 Å². The van der Waals surface area contributed by atoms with Gasteiger partial charge in [-0.3, -0.25) is 0 Å². The van der Waals surface area contributed by atoms with Crippen molar-refractivity contribution in [3.05, 3.63) is 385 Å². The van der Waals surface area contributed by atoms with E-state index in [1.165, 1.54) is 133 Å². The Morgan fingerprint density at radius 2 is 0.804 bits per heavy atom. The third kappa shape index (κ3) is 9.50. The lowest BCUT2D eigenvalue weighted by Gasteiger charge is -2.36. The molecule has 0 N–H and O–H groups in total. The minimum atomic E-state index is -0.182. The average Bonchev–Trinajstić information content (AvgIpc) is 1.60. The molecule has 2 heterocycles. The van der Waals surface area contributed by atoms with Crippen molar-refractivity contribution in [3.63, 3.8) is 0 Å². The molecule has 107 heavy (non-hydrogen) atoms. The molecule has 4 nitrogen and oxygen atoms in total. The van der Waals surface area contributed by atoms with E-state index < -0.39 is 0 Å². The van der Waals surface area contributed by atoms with Crippen LogP contribution in [0, 0.1) is 18.1 Å². The molecule has 0 fully saturated rings. The highest BCUT2D eigenvalue weighted by atomic mass is 15.2. The fraction of sp³-hybridized carbons (Fsp3) is 0.107. The van der Waals surface area contributed by atoms with Gasteiger partial charge < -0.3 is 18.9 Å². The molecule has 4 aliphatic carbocycles. The van der Waals surface area contributed by atoms with Gasteiger partial charge in [0.25, 0.3) is 0 Å². The lowest BCUT2D eigenvalue weighted by atomic mass is 9.73. The van der Waals surface area contributed by atoms with Crippen LogP contribution in [-0.4, -0.2) is 9.13 Å². The first-order chi connectivity index (χ1) is 52.3. The van der Waals surface area contributed by atoms with Crippen molar-refractivity contribution in [2.24, 2.45) is 5.92 Å². The maximum atomic E-state index is 3.65. The van der Waals surface area contributed by atoms with E-state index >= 15 is 0 Å². The summed E-state index contributed by atoms with van der Waals surface area (Å²) in [6, 6.07) is 127. The second kappa shape index (κ2) is 23.5. The molecule has 1 atom stereocenters. The van der Waals surface area contributed by atoms with Crippen LogP contribution >= 0.6 is 0 Å². The van der Waals surface area contributed by atoms with Crippen molar-refractivity contribution < 1.29 is 0 Å². The highest BCUT2D eigenvalue weighted by Gasteiger charge is 2.45. The molecule has 508 valence electrons. The van der Waals surface area contributed by atoms with E-state index in [1.807, 2.05) is 6.07 Å². The monoisotopic (exact) mass is 1370 g/mol. The van der Waals surface area contributed by atoms with E-state index in [9.17, 15) is 0 Å². The summed E-state index contributed by atoms with van der Waals surface area (Å²) in [6.45, 7) is 14.5. The van der Waals surface area contributed by atoms with E-state index in [4.69, 9.17) is 0 Å². The normalized spacial score (nSPS) is 15.3. The fourth-order valence-electron chi connectivity index (χ4n) is 19.2. The van der Waals surface area contributed by atoms with Gasteiger partial charge in [0.05, 0.1) is 27.8 Å². The number of hydrogen-bond donors (Lipinski definition) is 0. The third-order valence-corrected chi connectivity index (χ3v) is 24.7. The van der Waals surface area contributed by atoms with Gasteiger partial charge in [-0.15, -0.1) is 0 Å². The number of anilines is 5. The average molecular weight is 1370 g/mol. The van der Waals surface area contributed by atoms with Crippen LogP contribution in [0.5, 0.6) is 0 Å². The molecular formula is C103H76N4. The topological polar surface area (TPSA) is 16.3 Å². The van der Waals surface area contributed by atoms with E-state index in [0.717, 1.165) is 68.0 Å². The summed E-state index contributed by atoms with van der Waals surface area (Å²) in [5, 5.41) is 7.05. The maximum Gasteiger partial charge on any atom is 0.0547 e. The molecule has 2 aromatic heterocycles. The van der Waals surface area contributed by atoms with Crippen molar-refractivity contribution in [1.82, 2.24) is 9.13 Å². The molecule has 0 radical (unpaired) electrons. The first-order valence-corrected chi connectivity index (χ1v) is 37.7. The zero-order valence-corrected chi connectivity index (χ0v) is 60.8.